The number of nitrogens with zero attached hydrogens (tertiary/aromatic N) is 1. The quantitative estimate of drug-likeness (QED) is 0.859. The summed E-state index contributed by atoms with van der Waals surface area (Å²) >= 11 is 5.77. The molecule has 1 saturated heterocycles. The van der Waals surface area contributed by atoms with Gasteiger partial charge >= 0.3 is 0 Å². The van der Waals surface area contributed by atoms with Crippen molar-refractivity contribution in [3.63, 3.8) is 0 Å². The molecule has 1 aromatic rings. The molecule has 0 aromatic heterocycles. The van der Waals surface area contributed by atoms with E-state index in [4.69, 9.17) is 21.5 Å². The molecule has 104 valence electrons. The van der Waals surface area contributed by atoms with Crippen molar-refractivity contribution in [1.82, 2.24) is 4.90 Å². The summed E-state index contributed by atoms with van der Waals surface area (Å²) in [5.74, 6) is -0.259. The number of hydrogen-bond acceptors (Lipinski definition) is 4. The lowest BCUT2D eigenvalue weighted by Crippen LogP contribution is -2.40. The second kappa shape index (κ2) is 5.46. The molecule has 0 spiro atoms. The third-order valence-corrected chi connectivity index (χ3v) is 4.18. The number of nitrogens with two attached hydrogens (primary N) is 1. The highest BCUT2D eigenvalue weighted by atomic mass is 35.5. The maximum absolute atomic E-state index is 12.2. The van der Waals surface area contributed by atoms with Crippen LogP contribution in [0, 0.1) is 0 Å². The molecule has 0 radical (unpaired) electrons. The van der Waals surface area contributed by atoms with Crippen molar-refractivity contribution in [3.05, 3.63) is 28.8 Å². The number of carbonyl (C=O) groups excluding carboxylic acids is 1. The van der Waals surface area contributed by atoms with Crippen LogP contribution in [0.25, 0.3) is 0 Å². The van der Waals surface area contributed by atoms with E-state index >= 15 is 0 Å². The zero-order valence-corrected chi connectivity index (χ0v) is 11.6. The average molecular weight is 305 g/mol. The van der Waals surface area contributed by atoms with Crippen molar-refractivity contribution < 1.29 is 17.9 Å². The molecule has 0 saturated carbocycles. The summed E-state index contributed by atoms with van der Waals surface area (Å²) in [4.78, 5) is 13.5. The largest absolute Gasteiger partial charge is 0.378 e. The van der Waals surface area contributed by atoms with E-state index in [1.807, 2.05) is 0 Å². The monoisotopic (exact) mass is 304 g/mol. The highest BCUT2D eigenvalue weighted by molar-refractivity contribution is 7.89. The first kappa shape index (κ1) is 14.3. The van der Waals surface area contributed by atoms with Gasteiger partial charge in [-0.3, -0.25) is 4.79 Å². The fourth-order valence-electron chi connectivity index (χ4n) is 1.80. The second-order valence-corrected chi connectivity index (χ2v) is 6.03. The maximum atomic E-state index is 12.2. The molecule has 0 aliphatic carbocycles. The van der Waals surface area contributed by atoms with Crippen LogP contribution in [0.5, 0.6) is 0 Å². The molecule has 0 bridgehead atoms. The van der Waals surface area contributed by atoms with E-state index in [1.54, 1.807) is 4.90 Å². The standard InChI is InChI=1S/C11H13ClN2O4S/c12-9-2-1-8(7-10(9)19(13,16)17)11(15)14-3-5-18-6-4-14/h1-2,7H,3-6H2,(H2,13,16,17). The summed E-state index contributed by atoms with van der Waals surface area (Å²) in [6.07, 6.45) is 0. The van der Waals surface area contributed by atoms with Gasteiger partial charge in [-0.15, -0.1) is 0 Å². The van der Waals surface area contributed by atoms with Gasteiger partial charge in [-0.05, 0) is 18.2 Å². The molecule has 8 heteroatoms. The Labute approximate surface area is 116 Å². The number of morpholine rings is 1. The van der Waals surface area contributed by atoms with Crippen LogP contribution in [0.4, 0.5) is 0 Å². The molecule has 0 unspecified atom stereocenters. The first-order chi connectivity index (χ1) is 8.89. The van der Waals surface area contributed by atoms with Crippen LogP contribution in [0.1, 0.15) is 10.4 Å². The van der Waals surface area contributed by atoms with Crippen LogP contribution < -0.4 is 5.14 Å². The van der Waals surface area contributed by atoms with Crippen LogP contribution >= 0.6 is 11.6 Å². The lowest BCUT2D eigenvalue weighted by Gasteiger charge is -2.27. The molecule has 1 aliphatic rings. The van der Waals surface area contributed by atoms with Crippen LogP contribution in [-0.4, -0.2) is 45.5 Å². The first-order valence-electron chi connectivity index (χ1n) is 5.59. The van der Waals surface area contributed by atoms with E-state index in [9.17, 15) is 13.2 Å². The van der Waals surface area contributed by atoms with Gasteiger partial charge in [-0.1, -0.05) is 11.6 Å². The minimum Gasteiger partial charge on any atom is -0.378 e. The SMILES string of the molecule is NS(=O)(=O)c1cc(C(=O)N2CCOCC2)ccc1Cl. The molecule has 1 fully saturated rings. The molecular weight excluding hydrogens is 292 g/mol. The predicted molar refractivity (Wildman–Crippen MR) is 69.5 cm³/mol. The zero-order chi connectivity index (χ0) is 14.0. The van der Waals surface area contributed by atoms with E-state index < -0.39 is 10.0 Å². The van der Waals surface area contributed by atoms with Crippen LogP contribution in [0.15, 0.2) is 23.1 Å². The average Bonchev–Trinajstić information content (AvgIpc) is 2.38. The Hall–Kier alpha value is -1.15. The fourth-order valence-corrected chi connectivity index (χ4v) is 2.87. The minimum atomic E-state index is -3.95. The molecular formula is C11H13ClN2O4S. The van der Waals surface area contributed by atoms with Crippen molar-refractivity contribution in [2.45, 2.75) is 4.90 Å². The number of hydrogen-bond donors (Lipinski definition) is 1. The number of ether oxygens (including phenoxy) is 1. The number of sulfonamides is 1. The Morgan fingerprint density at radius 3 is 2.53 bits per heavy atom. The summed E-state index contributed by atoms with van der Waals surface area (Å²) in [6.45, 7) is 1.90. The summed E-state index contributed by atoms with van der Waals surface area (Å²) in [5.41, 5.74) is 0.246. The number of carbonyl (C=O) groups is 1. The highest BCUT2D eigenvalue weighted by Gasteiger charge is 2.21. The second-order valence-electron chi connectivity index (χ2n) is 4.09. The summed E-state index contributed by atoms with van der Waals surface area (Å²) in [7, 11) is -3.95. The third-order valence-electron chi connectivity index (χ3n) is 2.78. The van der Waals surface area contributed by atoms with E-state index in [-0.39, 0.29) is 21.4 Å². The van der Waals surface area contributed by atoms with Gasteiger partial charge in [0.15, 0.2) is 0 Å². The topological polar surface area (TPSA) is 89.7 Å². The molecule has 2 N–H and O–H groups in total. The Morgan fingerprint density at radius 1 is 1.32 bits per heavy atom. The molecule has 1 heterocycles. The molecule has 19 heavy (non-hydrogen) atoms. The van der Waals surface area contributed by atoms with Gasteiger partial charge in [-0.25, -0.2) is 13.6 Å². The Bertz CT molecular complexity index is 597. The fraction of sp³-hybridized carbons (Fsp3) is 0.364. The molecule has 1 aromatic carbocycles. The number of benzene rings is 1. The summed E-state index contributed by atoms with van der Waals surface area (Å²) < 4.78 is 27.9. The Morgan fingerprint density at radius 2 is 1.95 bits per heavy atom. The van der Waals surface area contributed by atoms with Gasteiger partial charge in [-0.2, -0.15) is 0 Å². The van der Waals surface area contributed by atoms with Crippen LogP contribution in [0.2, 0.25) is 5.02 Å². The van der Waals surface area contributed by atoms with Gasteiger partial charge in [0.05, 0.1) is 18.2 Å². The van der Waals surface area contributed by atoms with Gasteiger partial charge in [0.1, 0.15) is 4.90 Å². The minimum absolute atomic E-state index is 0.000951. The van der Waals surface area contributed by atoms with Crippen molar-refractivity contribution >= 4 is 27.5 Å². The van der Waals surface area contributed by atoms with Crippen molar-refractivity contribution in [3.8, 4) is 0 Å². The Balaban J connectivity index is 2.33. The molecule has 0 atom stereocenters. The Kier molecular flexibility index (Phi) is 4.10. The number of primary sulfonamides is 1. The number of halogens is 1. The van der Waals surface area contributed by atoms with Crippen molar-refractivity contribution in [1.29, 1.82) is 0 Å². The zero-order valence-electron chi connectivity index (χ0n) is 10.0. The summed E-state index contributed by atoms with van der Waals surface area (Å²) in [6, 6.07) is 4.04. The molecule has 2 rings (SSSR count). The highest BCUT2D eigenvalue weighted by Crippen LogP contribution is 2.22. The van der Waals surface area contributed by atoms with Crippen LogP contribution in [-0.2, 0) is 14.8 Å². The lowest BCUT2D eigenvalue weighted by molar-refractivity contribution is 0.0302. The lowest BCUT2D eigenvalue weighted by atomic mass is 10.2. The maximum Gasteiger partial charge on any atom is 0.254 e. The summed E-state index contributed by atoms with van der Waals surface area (Å²) in [5, 5.41) is 5.05. The third kappa shape index (κ3) is 3.24. The van der Waals surface area contributed by atoms with Gasteiger partial charge in [0.2, 0.25) is 10.0 Å². The van der Waals surface area contributed by atoms with Gasteiger partial charge in [0, 0.05) is 18.7 Å². The number of rotatable bonds is 2. The van der Waals surface area contributed by atoms with E-state index in [0.29, 0.717) is 26.3 Å². The van der Waals surface area contributed by atoms with Crippen LogP contribution in [0.3, 0.4) is 0 Å². The van der Waals surface area contributed by atoms with Crippen molar-refractivity contribution in [2.24, 2.45) is 5.14 Å². The van der Waals surface area contributed by atoms with Gasteiger partial charge < -0.3 is 9.64 Å². The van der Waals surface area contributed by atoms with E-state index in [0.717, 1.165) is 0 Å². The number of amides is 1. The molecule has 1 aliphatic heterocycles. The van der Waals surface area contributed by atoms with E-state index in [2.05, 4.69) is 0 Å². The van der Waals surface area contributed by atoms with E-state index in [1.165, 1.54) is 18.2 Å². The smallest absolute Gasteiger partial charge is 0.254 e. The molecule has 1 amide bonds. The normalized spacial score (nSPS) is 16.4. The molecule has 6 nitrogen and oxygen atoms in total. The first-order valence-corrected chi connectivity index (χ1v) is 7.51. The van der Waals surface area contributed by atoms with Crippen molar-refractivity contribution in [2.75, 3.05) is 26.3 Å². The van der Waals surface area contributed by atoms with Gasteiger partial charge in [0.25, 0.3) is 5.91 Å². The predicted octanol–water partition coefficient (Wildman–Crippen LogP) is 0.460.